The highest BCUT2D eigenvalue weighted by molar-refractivity contribution is 5.99. The summed E-state index contributed by atoms with van der Waals surface area (Å²) in [6.07, 6.45) is -0.443. The molecular weight excluding hydrogens is 422 g/mol. The Balaban J connectivity index is 1.46. The number of hydrogen-bond donors (Lipinski definition) is 3. The van der Waals surface area contributed by atoms with Gasteiger partial charge in [-0.3, -0.25) is 0 Å². The normalized spacial score (nSPS) is 14.8. The number of tetrazole rings is 1. The number of benzene rings is 2. The van der Waals surface area contributed by atoms with E-state index < -0.39 is 12.3 Å². The zero-order valence-corrected chi connectivity index (χ0v) is 18.2. The summed E-state index contributed by atoms with van der Waals surface area (Å²) in [5.74, 6) is -0.448. The number of H-pyrrole nitrogens is 1. The monoisotopic (exact) mass is 445 g/mol. The van der Waals surface area contributed by atoms with Gasteiger partial charge in [0.25, 0.3) is 0 Å². The van der Waals surface area contributed by atoms with Gasteiger partial charge in [-0.15, -0.1) is 10.2 Å². The average molecular weight is 445 g/mol. The van der Waals surface area contributed by atoms with Crippen molar-refractivity contribution < 1.29 is 14.6 Å². The van der Waals surface area contributed by atoms with Gasteiger partial charge in [0.2, 0.25) is 12.2 Å². The van der Waals surface area contributed by atoms with Gasteiger partial charge in [-0.1, -0.05) is 18.2 Å². The molecule has 0 spiro atoms. The Bertz CT molecular complexity index is 1280. The maximum absolute atomic E-state index is 11.8. The second-order valence-corrected chi connectivity index (χ2v) is 7.68. The predicted molar refractivity (Wildman–Crippen MR) is 122 cm³/mol. The summed E-state index contributed by atoms with van der Waals surface area (Å²) in [4.78, 5) is 13.8. The Morgan fingerprint density at radius 2 is 1.97 bits per heavy atom. The summed E-state index contributed by atoms with van der Waals surface area (Å²) in [7, 11) is 0. The third-order valence-corrected chi connectivity index (χ3v) is 5.64. The van der Waals surface area contributed by atoms with Gasteiger partial charge in [-0.05, 0) is 61.0 Å². The molecule has 0 amide bonds. The van der Waals surface area contributed by atoms with Gasteiger partial charge in [-0.25, -0.2) is 4.79 Å². The Hall–Kier alpha value is -4.18. The number of carbonyl (C=O) groups is 1. The molecule has 1 aliphatic heterocycles. The highest BCUT2D eigenvalue weighted by Gasteiger charge is 2.33. The fourth-order valence-corrected chi connectivity index (χ4v) is 4.19. The number of carboxylic acids is 1. The molecule has 0 aliphatic carbocycles. The third kappa shape index (κ3) is 3.70. The van der Waals surface area contributed by atoms with Crippen LogP contribution >= 0.6 is 0 Å². The van der Waals surface area contributed by atoms with E-state index in [4.69, 9.17) is 4.74 Å². The molecule has 3 N–H and O–H groups in total. The van der Waals surface area contributed by atoms with E-state index in [9.17, 15) is 9.90 Å². The molecule has 1 atom stereocenters. The van der Waals surface area contributed by atoms with E-state index in [0.717, 1.165) is 28.3 Å². The molecule has 1 unspecified atom stereocenters. The minimum absolute atomic E-state index is 0.242. The molecule has 168 valence electrons. The molecule has 33 heavy (non-hydrogen) atoms. The number of carboxylic acid groups (broad SMARTS) is 1. The molecule has 10 heteroatoms. The maximum atomic E-state index is 11.8. The number of aromatic carboxylic acids is 1. The lowest BCUT2D eigenvalue weighted by molar-refractivity contribution is 0.0694. The SMILES string of the molecule is CCOC1Nc2cccc(C(=O)O)c2N1Cc1ccc(-n2c(C)ccc2-c2nn[nH]n2)cc1. The molecule has 0 radical (unpaired) electrons. The minimum atomic E-state index is -0.969. The molecule has 0 fully saturated rings. The van der Waals surface area contributed by atoms with Crippen LogP contribution in [0.2, 0.25) is 0 Å². The molecular formula is C23H23N7O3. The number of anilines is 2. The number of para-hydroxylation sites is 1. The van der Waals surface area contributed by atoms with Crippen molar-refractivity contribution in [3.8, 4) is 17.2 Å². The van der Waals surface area contributed by atoms with Crippen molar-refractivity contribution in [1.29, 1.82) is 0 Å². The van der Waals surface area contributed by atoms with Crippen LogP contribution in [0.25, 0.3) is 17.2 Å². The largest absolute Gasteiger partial charge is 0.478 e. The number of aromatic amines is 1. The number of fused-ring (bicyclic) bond motifs is 1. The Morgan fingerprint density at radius 1 is 1.15 bits per heavy atom. The van der Waals surface area contributed by atoms with Crippen molar-refractivity contribution in [2.24, 2.45) is 0 Å². The van der Waals surface area contributed by atoms with E-state index in [1.807, 2.05) is 61.2 Å². The second-order valence-electron chi connectivity index (χ2n) is 7.68. The molecule has 10 nitrogen and oxygen atoms in total. The van der Waals surface area contributed by atoms with Crippen LogP contribution in [0, 0.1) is 6.92 Å². The van der Waals surface area contributed by atoms with Gasteiger partial charge in [0, 0.05) is 24.5 Å². The van der Waals surface area contributed by atoms with E-state index in [-0.39, 0.29) is 5.56 Å². The van der Waals surface area contributed by atoms with Crippen LogP contribution in [0.4, 0.5) is 11.4 Å². The van der Waals surface area contributed by atoms with Crippen molar-refractivity contribution in [3.63, 3.8) is 0 Å². The molecule has 2 aromatic carbocycles. The van der Waals surface area contributed by atoms with Gasteiger partial charge in [0.05, 0.1) is 22.6 Å². The quantitative estimate of drug-likeness (QED) is 0.396. The maximum Gasteiger partial charge on any atom is 0.337 e. The zero-order valence-electron chi connectivity index (χ0n) is 18.2. The minimum Gasteiger partial charge on any atom is -0.478 e. The Kier molecular flexibility index (Phi) is 5.27. The topological polar surface area (TPSA) is 121 Å². The first-order valence-corrected chi connectivity index (χ1v) is 10.6. The Morgan fingerprint density at radius 3 is 2.67 bits per heavy atom. The van der Waals surface area contributed by atoms with Crippen LogP contribution in [0.3, 0.4) is 0 Å². The molecule has 0 saturated heterocycles. The molecule has 1 aliphatic rings. The van der Waals surface area contributed by atoms with Crippen molar-refractivity contribution >= 4 is 17.3 Å². The summed E-state index contributed by atoms with van der Waals surface area (Å²) in [5, 5.41) is 27.3. The number of rotatable bonds is 7. The summed E-state index contributed by atoms with van der Waals surface area (Å²) < 4.78 is 7.92. The van der Waals surface area contributed by atoms with E-state index in [1.165, 1.54) is 0 Å². The molecule has 0 bridgehead atoms. The lowest BCUT2D eigenvalue weighted by Gasteiger charge is -2.27. The van der Waals surface area contributed by atoms with E-state index in [0.29, 0.717) is 24.7 Å². The van der Waals surface area contributed by atoms with Crippen molar-refractivity contribution in [1.82, 2.24) is 25.2 Å². The lowest BCUT2D eigenvalue weighted by atomic mass is 10.1. The van der Waals surface area contributed by atoms with Gasteiger partial charge in [0.15, 0.2) is 0 Å². The fourth-order valence-electron chi connectivity index (χ4n) is 4.19. The number of nitrogens with zero attached hydrogens (tertiary/aromatic N) is 5. The van der Waals surface area contributed by atoms with Crippen LogP contribution in [0.5, 0.6) is 0 Å². The number of aryl methyl sites for hydroxylation is 1. The van der Waals surface area contributed by atoms with Crippen LogP contribution < -0.4 is 10.2 Å². The molecule has 2 aromatic heterocycles. The van der Waals surface area contributed by atoms with Crippen LogP contribution in [-0.4, -0.2) is 49.2 Å². The zero-order chi connectivity index (χ0) is 22.9. The van der Waals surface area contributed by atoms with Crippen LogP contribution in [0.15, 0.2) is 54.6 Å². The van der Waals surface area contributed by atoms with E-state index >= 15 is 0 Å². The van der Waals surface area contributed by atoms with Crippen LogP contribution in [0.1, 0.15) is 28.5 Å². The third-order valence-electron chi connectivity index (χ3n) is 5.64. The first-order valence-electron chi connectivity index (χ1n) is 10.6. The standard InChI is InChI=1S/C23H23N7O3/c1-3-33-23-24-18-6-4-5-17(22(31)32)20(18)29(23)13-15-8-10-16(11-9-15)30-14(2)7-12-19(30)21-25-27-28-26-21/h4-12,23-24H,3,13H2,1-2H3,(H,31,32)(H,25,26,27,28). The summed E-state index contributed by atoms with van der Waals surface area (Å²) in [5.41, 5.74) is 5.49. The predicted octanol–water partition coefficient (Wildman–Crippen LogP) is 3.42. The van der Waals surface area contributed by atoms with Crippen molar-refractivity contribution in [2.75, 3.05) is 16.8 Å². The van der Waals surface area contributed by atoms with Crippen LogP contribution in [-0.2, 0) is 11.3 Å². The van der Waals surface area contributed by atoms with E-state index in [2.05, 4.69) is 30.5 Å². The fraction of sp³-hybridized carbons (Fsp3) is 0.217. The molecule has 4 aromatic rings. The number of aromatic nitrogens is 5. The summed E-state index contributed by atoms with van der Waals surface area (Å²) in [6, 6.07) is 17.3. The first kappa shape index (κ1) is 20.7. The smallest absolute Gasteiger partial charge is 0.337 e. The second kappa shape index (κ2) is 8.40. The first-order chi connectivity index (χ1) is 16.1. The van der Waals surface area contributed by atoms with Gasteiger partial charge in [0.1, 0.15) is 0 Å². The molecule has 5 rings (SSSR count). The number of ether oxygens (including phenoxy) is 1. The highest BCUT2D eigenvalue weighted by Crippen LogP contribution is 2.39. The molecule has 3 heterocycles. The van der Waals surface area contributed by atoms with Crippen molar-refractivity contribution in [2.45, 2.75) is 26.7 Å². The molecule has 0 saturated carbocycles. The average Bonchev–Trinajstić information content (AvgIpc) is 3.54. The Labute approximate surface area is 189 Å². The van der Waals surface area contributed by atoms with Gasteiger partial charge in [-0.2, -0.15) is 5.21 Å². The number of hydrogen-bond acceptors (Lipinski definition) is 7. The highest BCUT2D eigenvalue weighted by atomic mass is 16.5. The van der Waals surface area contributed by atoms with E-state index in [1.54, 1.807) is 12.1 Å². The lowest BCUT2D eigenvalue weighted by Crippen LogP contribution is -2.38. The number of nitrogens with one attached hydrogen (secondary N) is 2. The summed E-state index contributed by atoms with van der Waals surface area (Å²) >= 11 is 0. The van der Waals surface area contributed by atoms with Gasteiger partial charge >= 0.3 is 5.97 Å². The van der Waals surface area contributed by atoms with Crippen molar-refractivity contribution in [3.05, 3.63) is 71.4 Å². The van der Waals surface area contributed by atoms with Gasteiger partial charge < -0.3 is 24.6 Å². The summed E-state index contributed by atoms with van der Waals surface area (Å²) in [6.45, 7) is 4.91.